The molecule has 0 heterocycles. The predicted molar refractivity (Wildman–Crippen MR) is 37.4 cm³/mol. The van der Waals surface area contributed by atoms with Gasteiger partial charge in [0.05, 0.1) is 6.67 Å². The zero-order valence-corrected chi connectivity index (χ0v) is 6.54. The fraction of sp³-hybridized carbons (Fsp3) is 0.800. The third-order valence-corrected chi connectivity index (χ3v) is 1.90. The SMILES string of the molecule is CC(=O)NS(=O)CCCF. The van der Waals surface area contributed by atoms with Crippen molar-refractivity contribution in [2.75, 3.05) is 12.4 Å². The molecule has 0 aliphatic rings. The first kappa shape index (κ1) is 9.55. The summed E-state index contributed by atoms with van der Waals surface area (Å²) in [5.74, 6) is -0.159. The lowest BCUT2D eigenvalue weighted by Crippen LogP contribution is -2.24. The maximum Gasteiger partial charge on any atom is 0.228 e. The van der Waals surface area contributed by atoms with Gasteiger partial charge in [0.15, 0.2) is 0 Å². The van der Waals surface area contributed by atoms with Crippen molar-refractivity contribution >= 4 is 16.9 Å². The Hall–Kier alpha value is -0.450. The van der Waals surface area contributed by atoms with Gasteiger partial charge >= 0.3 is 0 Å². The van der Waals surface area contributed by atoms with Crippen LogP contribution >= 0.6 is 0 Å². The number of nitrogens with one attached hydrogen (secondary N) is 1. The Morgan fingerprint density at radius 1 is 1.70 bits per heavy atom. The van der Waals surface area contributed by atoms with Gasteiger partial charge in [-0.1, -0.05) is 0 Å². The lowest BCUT2D eigenvalue weighted by atomic mass is 10.6. The first-order chi connectivity index (χ1) is 4.66. The molecule has 0 aromatic heterocycles. The summed E-state index contributed by atoms with van der Waals surface area (Å²) in [7, 11) is -1.39. The van der Waals surface area contributed by atoms with Crippen LogP contribution in [-0.2, 0) is 15.8 Å². The largest absolute Gasteiger partial charge is 0.275 e. The van der Waals surface area contributed by atoms with Crippen LogP contribution in [0.25, 0.3) is 0 Å². The highest BCUT2D eigenvalue weighted by molar-refractivity contribution is 7.83. The Morgan fingerprint density at radius 3 is 2.70 bits per heavy atom. The van der Waals surface area contributed by atoms with Crippen LogP contribution in [-0.4, -0.2) is 22.5 Å². The van der Waals surface area contributed by atoms with Crippen molar-refractivity contribution in [1.29, 1.82) is 0 Å². The van der Waals surface area contributed by atoms with Crippen LogP contribution in [0, 0.1) is 0 Å². The van der Waals surface area contributed by atoms with Crippen molar-refractivity contribution in [3.05, 3.63) is 0 Å². The molecule has 3 nitrogen and oxygen atoms in total. The Kier molecular flexibility index (Phi) is 5.10. The number of halogens is 1. The molecular formula is C5H10FNO2S. The maximum absolute atomic E-state index is 11.4. The van der Waals surface area contributed by atoms with Crippen LogP contribution in [0.3, 0.4) is 0 Å². The van der Waals surface area contributed by atoms with Gasteiger partial charge in [0, 0.05) is 12.7 Å². The summed E-state index contributed by atoms with van der Waals surface area (Å²) in [4.78, 5) is 10.2. The Balaban J connectivity index is 3.35. The monoisotopic (exact) mass is 167 g/mol. The molecule has 0 radical (unpaired) electrons. The smallest absolute Gasteiger partial charge is 0.228 e. The second kappa shape index (κ2) is 5.34. The van der Waals surface area contributed by atoms with E-state index in [1.807, 2.05) is 0 Å². The molecule has 0 rings (SSSR count). The molecular weight excluding hydrogens is 157 g/mol. The first-order valence-electron chi connectivity index (χ1n) is 2.88. The van der Waals surface area contributed by atoms with Crippen LogP contribution in [0.4, 0.5) is 4.39 Å². The lowest BCUT2D eigenvalue weighted by molar-refractivity contribution is -0.117. The molecule has 0 spiro atoms. The molecule has 0 saturated heterocycles. The molecule has 1 atom stereocenters. The number of hydrogen-bond acceptors (Lipinski definition) is 2. The van der Waals surface area contributed by atoms with Crippen LogP contribution < -0.4 is 4.72 Å². The normalized spacial score (nSPS) is 12.6. The third kappa shape index (κ3) is 5.68. The highest BCUT2D eigenvalue weighted by Crippen LogP contribution is 1.84. The summed E-state index contributed by atoms with van der Waals surface area (Å²) in [6.45, 7) is 0.776. The van der Waals surface area contributed by atoms with E-state index in [9.17, 15) is 13.4 Å². The van der Waals surface area contributed by atoms with E-state index < -0.39 is 17.7 Å². The molecule has 5 heteroatoms. The minimum atomic E-state index is -1.39. The van der Waals surface area contributed by atoms with E-state index in [4.69, 9.17) is 0 Å². The van der Waals surface area contributed by atoms with Gasteiger partial charge in [-0.15, -0.1) is 0 Å². The molecule has 10 heavy (non-hydrogen) atoms. The van der Waals surface area contributed by atoms with E-state index in [1.165, 1.54) is 6.92 Å². The number of alkyl halides is 1. The van der Waals surface area contributed by atoms with E-state index in [0.29, 0.717) is 0 Å². The van der Waals surface area contributed by atoms with Gasteiger partial charge in [-0.05, 0) is 6.42 Å². The Morgan fingerprint density at radius 2 is 2.30 bits per heavy atom. The van der Waals surface area contributed by atoms with E-state index in [1.54, 1.807) is 0 Å². The fourth-order valence-electron chi connectivity index (χ4n) is 0.397. The van der Waals surface area contributed by atoms with Crippen molar-refractivity contribution in [2.45, 2.75) is 13.3 Å². The minimum Gasteiger partial charge on any atom is -0.275 e. The number of carbonyl (C=O) groups excluding carboxylic acids is 1. The van der Waals surface area contributed by atoms with Gasteiger partial charge in [0.25, 0.3) is 0 Å². The molecule has 1 amide bonds. The Labute approximate surface area is 61.6 Å². The number of amides is 1. The van der Waals surface area contributed by atoms with Crippen LogP contribution in [0.2, 0.25) is 0 Å². The van der Waals surface area contributed by atoms with Gasteiger partial charge < -0.3 is 0 Å². The average Bonchev–Trinajstić information content (AvgIpc) is 1.82. The first-order valence-corrected chi connectivity index (χ1v) is 4.20. The third-order valence-electron chi connectivity index (χ3n) is 0.721. The van der Waals surface area contributed by atoms with Crippen LogP contribution in [0.15, 0.2) is 0 Å². The van der Waals surface area contributed by atoms with Crippen molar-refractivity contribution < 1.29 is 13.4 Å². The highest BCUT2D eigenvalue weighted by Gasteiger charge is 1.99. The van der Waals surface area contributed by atoms with E-state index in [-0.39, 0.29) is 18.1 Å². The molecule has 0 saturated carbocycles. The molecule has 0 aromatic rings. The molecule has 0 bridgehead atoms. The van der Waals surface area contributed by atoms with E-state index in [2.05, 4.69) is 4.72 Å². The quantitative estimate of drug-likeness (QED) is 0.647. The second-order valence-corrected chi connectivity index (χ2v) is 3.05. The molecule has 1 unspecified atom stereocenters. The summed E-state index contributed by atoms with van der Waals surface area (Å²) in [6.07, 6.45) is 0.229. The topological polar surface area (TPSA) is 46.2 Å². The maximum atomic E-state index is 11.4. The van der Waals surface area contributed by atoms with Gasteiger partial charge in [0.2, 0.25) is 5.91 Å². The highest BCUT2D eigenvalue weighted by atomic mass is 32.2. The van der Waals surface area contributed by atoms with Gasteiger partial charge in [-0.2, -0.15) is 0 Å². The van der Waals surface area contributed by atoms with Crippen LogP contribution in [0.5, 0.6) is 0 Å². The number of hydrogen-bond donors (Lipinski definition) is 1. The van der Waals surface area contributed by atoms with E-state index in [0.717, 1.165) is 0 Å². The minimum absolute atomic E-state index is 0.191. The molecule has 0 aliphatic heterocycles. The van der Waals surface area contributed by atoms with Gasteiger partial charge in [-0.3, -0.25) is 13.9 Å². The van der Waals surface area contributed by atoms with Gasteiger partial charge in [0.1, 0.15) is 11.0 Å². The van der Waals surface area contributed by atoms with Crippen LogP contribution in [0.1, 0.15) is 13.3 Å². The summed E-state index contributed by atoms with van der Waals surface area (Å²) in [6, 6.07) is 0. The molecule has 0 aromatic carbocycles. The average molecular weight is 167 g/mol. The number of rotatable bonds is 4. The van der Waals surface area contributed by atoms with E-state index >= 15 is 0 Å². The molecule has 0 fully saturated rings. The Bertz CT molecular complexity index is 140. The summed E-state index contributed by atoms with van der Waals surface area (Å²) >= 11 is 0. The molecule has 0 aliphatic carbocycles. The zero-order chi connectivity index (χ0) is 7.98. The fourth-order valence-corrected chi connectivity index (χ4v) is 1.19. The van der Waals surface area contributed by atoms with Crippen molar-refractivity contribution in [1.82, 2.24) is 4.72 Å². The summed E-state index contributed by atoms with van der Waals surface area (Å²) in [5, 5.41) is 0. The predicted octanol–water partition coefficient (Wildman–Crippen LogP) is 0.146. The van der Waals surface area contributed by atoms with Gasteiger partial charge in [-0.25, -0.2) is 4.21 Å². The zero-order valence-electron chi connectivity index (χ0n) is 5.72. The summed E-state index contributed by atoms with van der Waals surface area (Å²) in [5.41, 5.74) is 0. The molecule has 1 N–H and O–H groups in total. The van der Waals surface area contributed by atoms with Crippen molar-refractivity contribution in [3.63, 3.8) is 0 Å². The van der Waals surface area contributed by atoms with Crippen molar-refractivity contribution in [3.8, 4) is 0 Å². The van der Waals surface area contributed by atoms with Crippen molar-refractivity contribution in [2.24, 2.45) is 0 Å². The molecule has 60 valence electrons. The summed E-state index contributed by atoms with van der Waals surface area (Å²) < 4.78 is 24.2. The standard InChI is InChI=1S/C5H10FNO2S/c1-5(8)7-10(9)4-2-3-6/h2-4H2,1H3,(H,7,8). The second-order valence-electron chi connectivity index (χ2n) is 1.75. The number of carbonyl (C=O) groups is 1. The lowest BCUT2D eigenvalue weighted by Gasteiger charge is -1.98.